The summed E-state index contributed by atoms with van der Waals surface area (Å²) in [6, 6.07) is 19.2. The van der Waals surface area contributed by atoms with E-state index in [1.807, 2.05) is 42.5 Å². The molecule has 0 spiro atoms. The Morgan fingerprint density at radius 3 is 2.77 bits per heavy atom. The number of aromatic amines is 1. The van der Waals surface area contributed by atoms with Gasteiger partial charge in [-0.2, -0.15) is 5.26 Å². The Labute approximate surface area is 186 Å². The molecule has 5 nitrogen and oxygen atoms in total. The SMILES string of the molecule is N#Cc1ccc2[nH]cc(CCCCNCc3cccnc3Oc3ccc(Cl)cc3)c2c1. The topological polar surface area (TPSA) is 73.7 Å². The maximum Gasteiger partial charge on any atom is 0.223 e. The van der Waals surface area contributed by atoms with Crippen LogP contribution < -0.4 is 10.1 Å². The zero-order valence-electron chi connectivity index (χ0n) is 17.1. The molecule has 2 aromatic heterocycles. The molecule has 2 N–H and O–H groups in total. The van der Waals surface area contributed by atoms with Crippen molar-refractivity contribution in [2.75, 3.05) is 6.54 Å². The Hall–Kier alpha value is -3.33. The third kappa shape index (κ3) is 5.43. The lowest BCUT2D eigenvalue weighted by atomic mass is 10.1. The zero-order chi connectivity index (χ0) is 21.5. The van der Waals surface area contributed by atoms with Gasteiger partial charge < -0.3 is 15.0 Å². The molecular formula is C25H23ClN4O. The first kappa shape index (κ1) is 20.9. The number of unbranched alkanes of at least 4 members (excludes halogenated alkanes) is 1. The summed E-state index contributed by atoms with van der Waals surface area (Å²) < 4.78 is 5.92. The van der Waals surface area contributed by atoms with E-state index in [4.69, 9.17) is 21.6 Å². The maximum atomic E-state index is 9.12. The van der Waals surface area contributed by atoms with Crippen LogP contribution >= 0.6 is 11.6 Å². The summed E-state index contributed by atoms with van der Waals surface area (Å²) in [5, 5.41) is 14.4. The lowest BCUT2D eigenvalue weighted by molar-refractivity contribution is 0.452. The third-order valence-electron chi connectivity index (χ3n) is 5.14. The Bertz CT molecular complexity index is 1190. The average Bonchev–Trinajstić information content (AvgIpc) is 3.20. The quantitative estimate of drug-likeness (QED) is 0.320. The third-order valence-corrected chi connectivity index (χ3v) is 5.39. The summed E-state index contributed by atoms with van der Waals surface area (Å²) >= 11 is 5.94. The van der Waals surface area contributed by atoms with E-state index in [9.17, 15) is 0 Å². The number of nitrogens with zero attached hydrogens (tertiary/aromatic N) is 2. The highest BCUT2D eigenvalue weighted by Crippen LogP contribution is 2.24. The van der Waals surface area contributed by atoms with Crippen molar-refractivity contribution in [3.8, 4) is 17.7 Å². The number of nitriles is 1. The number of H-pyrrole nitrogens is 1. The zero-order valence-corrected chi connectivity index (χ0v) is 17.8. The van der Waals surface area contributed by atoms with E-state index < -0.39 is 0 Å². The number of halogens is 1. The molecule has 0 aliphatic rings. The highest BCUT2D eigenvalue weighted by molar-refractivity contribution is 6.30. The normalized spacial score (nSPS) is 10.8. The maximum absolute atomic E-state index is 9.12. The van der Waals surface area contributed by atoms with E-state index in [0.717, 1.165) is 42.3 Å². The number of benzene rings is 2. The molecule has 6 heteroatoms. The number of rotatable bonds is 9. The van der Waals surface area contributed by atoms with Crippen molar-refractivity contribution in [3.05, 3.63) is 88.7 Å². The van der Waals surface area contributed by atoms with E-state index in [1.165, 1.54) is 5.56 Å². The molecule has 2 aromatic carbocycles. The lowest BCUT2D eigenvalue weighted by Crippen LogP contribution is -2.15. The van der Waals surface area contributed by atoms with Crippen LogP contribution in [0.1, 0.15) is 29.5 Å². The number of ether oxygens (including phenoxy) is 1. The monoisotopic (exact) mass is 430 g/mol. The Kier molecular flexibility index (Phi) is 6.83. The fourth-order valence-electron chi connectivity index (χ4n) is 3.51. The van der Waals surface area contributed by atoms with Gasteiger partial charge in [-0.15, -0.1) is 0 Å². The molecule has 0 atom stereocenters. The van der Waals surface area contributed by atoms with Gasteiger partial charge in [0.25, 0.3) is 0 Å². The predicted octanol–water partition coefficient (Wildman–Crippen LogP) is 5.99. The Balaban J connectivity index is 1.25. The molecular weight excluding hydrogens is 408 g/mol. The fraction of sp³-hybridized carbons (Fsp3) is 0.200. The van der Waals surface area contributed by atoms with Crippen molar-refractivity contribution in [1.29, 1.82) is 5.26 Å². The number of aromatic nitrogens is 2. The summed E-state index contributed by atoms with van der Waals surface area (Å²) in [7, 11) is 0. The van der Waals surface area contributed by atoms with Gasteiger partial charge in [-0.3, -0.25) is 0 Å². The van der Waals surface area contributed by atoms with Gasteiger partial charge in [-0.25, -0.2) is 4.98 Å². The van der Waals surface area contributed by atoms with Crippen LogP contribution in [0.4, 0.5) is 0 Å². The number of hydrogen-bond acceptors (Lipinski definition) is 4. The molecule has 4 aromatic rings. The van der Waals surface area contributed by atoms with Gasteiger partial charge in [-0.05, 0) is 79.9 Å². The molecule has 0 saturated carbocycles. The minimum Gasteiger partial charge on any atom is -0.439 e. The molecule has 0 aliphatic heterocycles. The summed E-state index contributed by atoms with van der Waals surface area (Å²) in [6.07, 6.45) is 6.88. The first-order chi connectivity index (χ1) is 15.2. The molecule has 0 fully saturated rings. The summed E-state index contributed by atoms with van der Waals surface area (Å²) in [5.41, 5.74) is 4.05. The van der Waals surface area contributed by atoms with Crippen LogP contribution in [-0.2, 0) is 13.0 Å². The highest BCUT2D eigenvalue weighted by atomic mass is 35.5. The summed E-state index contributed by atoms with van der Waals surface area (Å²) in [6.45, 7) is 1.59. The van der Waals surface area contributed by atoms with Crippen molar-refractivity contribution in [3.63, 3.8) is 0 Å². The van der Waals surface area contributed by atoms with Crippen molar-refractivity contribution >= 4 is 22.5 Å². The van der Waals surface area contributed by atoms with Crippen LogP contribution in [0, 0.1) is 11.3 Å². The molecule has 156 valence electrons. The molecule has 0 saturated heterocycles. The fourth-order valence-corrected chi connectivity index (χ4v) is 3.63. The molecule has 0 bridgehead atoms. The number of aryl methyl sites for hydroxylation is 1. The van der Waals surface area contributed by atoms with Crippen molar-refractivity contribution in [1.82, 2.24) is 15.3 Å². The standard InChI is InChI=1S/C25H23ClN4O/c26-21-7-9-22(10-8-21)31-25-20(5-3-13-29-25)16-28-12-2-1-4-19-17-30-24-11-6-18(15-27)14-23(19)24/h3,5-11,13-14,17,28,30H,1-2,4,12,16H2. The molecule has 31 heavy (non-hydrogen) atoms. The Morgan fingerprint density at radius 1 is 1.06 bits per heavy atom. The minimum absolute atomic E-state index is 0.601. The van der Waals surface area contributed by atoms with E-state index in [0.29, 0.717) is 28.8 Å². The molecule has 0 radical (unpaired) electrons. The molecule has 0 amide bonds. The van der Waals surface area contributed by atoms with E-state index >= 15 is 0 Å². The summed E-state index contributed by atoms with van der Waals surface area (Å²) in [5.74, 6) is 1.31. The van der Waals surface area contributed by atoms with Crippen molar-refractivity contribution in [2.24, 2.45) is 0 Å². The first-order valence-corrected chi connectivity index (χ1v) is 10.7. The van der Waals surface area contributed by atoms with Crippen LogP contribution in [0.5, 0.6) is 11.6 Å². The van der Waals surface area contributed by atoms with E-state index in [2.05, 4.69) is 27.6 Å². The van der Waals surface area contributed by atoms with Crippen LogP contribution in [0.3, 0.4) is 0 Å². The number of hydrogen-bond donors (Lipinski definition) is 2. The van der Waals surface area contributed by atoms with Gasteiger partial charge in [0, 0.05) is 40.4 Å². The second kappa shape index (κ2) is 10.1. The average molecular weight is 431 g/mol. The first-order valence-electron chi connectivity index (χ1n) is 10.3. The summed E-state index contributed by atoms with van der Waals surface area (Å²) in [4.78, 5) is 7.66. The van der Waals surface area contributed by atoms with Crippen molar-refractivity contribution < 1.29 is 4.74 Å². The minimum atomic E-state index is 0.601. The van der Waals surface area contributed by atoms with Gasteiger partial charge in [0.2, 0.25) is 5.88 Å². The lowest BCUT2D eigenvalue weighted by Gasteiger charge is -2.11. The smallest absolute Gasteiger partial charge is 0.223 e. The van der Waals surface area contributed by atoms with Gasteiger partial charge in [0.05, 0.1) is 11.6 Å². The van der Waals surface area contributed by atoms with Gasteiger partial charge >= 0.3 is 0 Å². The van der Waals surface area contributed by atoms with Crippen molar-refractivity contribution in [2.45, 2.75) is 25.8 Å². The highest BCUT2D eigenvalue weighted by Gasteiger charge is 2.07. The van der Waals surface area contributed by atoms with E-state index in [-0.39, 0.29) is 0 Å². The van der Waals surface area contributed by atoms with E-state index in [1.54, 1.807) is 18.3 Å². The molecule has 2 heterocycles. The van der Waals surface area contributed by atoms with Crippen LogP contribution in [0.2, 0.25) is 5.02 Å². The number of pyridine rings is 1. The molecule has 0 unspecified atom stereocenters. The predicted molar refractivity (Wildman–Crippen MR) is 123 cm³/mol. The second-order valence-electron chi connectivity index (χ2n) is 7.34. The second-order valence-corrected chi connectivity index (χ2v) is 7.78. The van der Waals surface area contributed by atoms with Crippen LogP contribution in [0.25, 0.3) is 10.9 Å². The van der Waals surface area contributed by atoms with Crippen LogP contribution in [0.15, 0.2) is 67.0 Å². The largest absolute Gasteiger partial charge is 0.439 e. The number of fused-ring (bicyclic) bond motifs is 1. The van der Waals surface area contributed by atoms with Gasteiger partial charge in [0.15, 0.2) is 0 Å². The van der Waals surface area contributed by atoms with Gasteiger partial charge in [0.1, 0.15) is 5.75 Å². The van der Waals surface area contributed by atoms with Gasteiger partial charge in [-0.1, -0.05) is 17.7 Å². The van der Waals surface area contributed by atoms with Crippen LogP contribution in [-0.4, -0.2) is 16.5 Å². The molecule has 0 aliphatic carbocycles. The Morgan fingerprint density at radius 2 is 1.94 bits per heavy atom. The molecule has 4 rings (SSSR count). The number of nitrogens with one attached hydrogen (secondary N) is 2.